The van der Waals surface area contributed by atoms with Crippen LogP contribution < -0.4 is 11.1 Å². The topological polar surface area (TPSA) is 55.1 Å². The van der Waals surface area contributed by atoms with Gasteiger partial charge in [0, 0.05) is 4.47 Å². The van der Waals surface area contributed by atoms with Crippen LogP contribution in [0.4, 0.5) is 15.8 Å². The summed E-state index contributed by atoms with van der Waals surface area (Å²) < 4.78 is 13.6. The molecule has 0 bridgehead atoms. The lowest BCUT2D eigenvalue weighted by Crippen LogP contribution is -2.13. The van der Waals surface area contributed by atoms with E-state index in [1.165, 1.54) is 6.07 Å². The van der Waals surface area contributed by atoms with Gasteiger partial charge in [-0.05, 0) is 52.7 Å². The smallest absolute Gasteiger partial charge is 0.256 e. The molecular formula is C14H11BrClFN2O. The summed E-state index contributed by atoms with van der Waals surface area (Å²) in [6, 6.07) is 7.70. The van der Waals surface area contributed by atoms with E-state index < -0.39 is 11.7 Å². The number of halogens is 3. The zero-order valence-electron chi connectivity index (χ0n) is 10.5. The predicted octanol–water partition coefficient (Wildman–Crippen LogP) is 4.38. The van der Waals surface area contributed by atoms with Crippen molar-refractivity contribution in [1.29, 1.82) is 0 Å². The maximum absolute atomic E-state index is 13.3. The number of nitrogen functional groups attached to an aromatic ring is 1. The minimum absolute atomic E-state index is 0.0895. The molecular weight excluding hydrogens is 347 g/mol. The highest BCUT2D eigenvalue weighted by atomic mass is 79.9. The van der Waals surface area contributed by atoms with E-state index in [-0.39, 0.29) is 11.3 Å². The number of carbonyl (C=O) groups excluding carboxylic acids is 1. The van der Waals surface area contributed by atoms with Crippen molar-refractivity contribution in [2.24, 2.45) is 0 Å². The fourth-order valence-corrected chi connectivity index (χ4v) is 2.43. The largest absolute Gasteiger partial charge is 0.396 e. The van der Waals surface area contributed by atoms with E-state index in [1.807, 2.05) is 13.0 Å². The Kier molecular flexibility index (Phi) is 4.30. The highest BCUT2D eigenvalue weighted by Crippen LogP contribution is 2.26. The lowest BCUT2D eigenvalue weighted by atomic mass is 10.1. The average Bonchev–Trinajstić information content (AvgIpc) is 2.37. The molecule has 104 valence electrons. The van der Waals surface area contributed by atoms with Gasteiger partial charge in [-0.15, -0.1) is 0 Å². The number of aryl methyl sites for hydroxylation is 1. The van der Waals surface area contributed by atoms with E-state index >= 15 is 0 Å². The van der Waals surface area contributed by atoms with Gasteiger partial charge in [-0.1, -0.05) is 17.7 Å². The highest BCUT2D eigenvalue weighted by Gasteiger charge is 2.14. The standard InChI is InChI=1S/C14H11BrClFN2O/c1-7-2-3-13(10(16)4-7)19-14(20)8-5-12(18)11(17)6-9(8)15/h2-6H,18H2,1H3,(H,19,20). The molecule has 0 radical (unpaired) electrons. The van der Waals surface area contributed by atoms with Gasteiger partial charge in [-0.25, -0.2) is 4.39 Å². The van der Waals surface area contributed by atoms with Crippen LogP contribution in [0, 0.1) is 12.7 Å². The Hall–Kier alpha value is -1.59. The quantitative estimate of drug-likeness (QED) is 0.783. The van der Waals surface area contributed by atoms with Crippen LogP contribution in [0.3, 0.4) is 0 Å². The molecule has 0 saturated carbocycles. The van der Waals surface area contributed by atoms with Crippen LogP contribution in [0.2, 0.25) is 5.02 Å². The Balaban J connectivity index is 2.31. The first-order valence-electron chi connectivity index (χ1n) is 5.70. The molecule has 0 fully saturated rings. The molecule has 0 spiro atoms. The van der Waals surface area contributed by atoms with Gasteiger partial charge < -0.3 is 11.1 Å². The molecule has 3 nitrogen and oxygen atoms in total. The van der Waals surface area contributed by atoms with Crippen LogP contribution in [0.5, 0.6) is 0 Å². The lowest BCUT2D eigenvalue weighted by Gasteiger charge is -2.10. The second-order valence-corrected chi connectivity index (χ2v) is 5.55. The summed E-state index contributed by atoms with van der Waals surface area (Å²) >= 11 is 9.18. The van der Waals surface area contributed by atoms with Crippen molar-refractivity contribution in [3.05, 3.63) is 56.8 Å². The summed E-state index contributed by atoms with van der Waals surface area (Å²) in [6.45, 7) is 1.90. The summed E-state index contributed by atoms with van der Waals surface area (Å²) in [5.74, 6) is -1.00. The van der Waals surface area contributed by atoms with E-state index in [0.29, 0.717) is 15.2 Å². The molecule has 0 aliphatic rings. The van der Waals surface area contributed by atoms with Crippen LogP contribution in [-0.2, 0) is 0 Å². The van der Waals surface area contributed by atoms with E-state index in [4.69, 9.17) is 17.3 Å². The molecule has 0 atom stereocenters. The zero-order chi connectivity index (χ0) is 14.9. The molecule has 20 heavy (non-hydrogen) atoms. The molecule has 2 rings (SSSR count). The van der Waals surface area contributed by atoms with Crippen molar-refractivity contribution in [3.8, 4) is 0 Å². The Labute approximate surface area is 129 Å². The first kappa shape index (κ1) is 14.8. The number of rotatable bonds is 2. The van der Waals surface area contributed by atoms with Crippen molar-refractivity contribution in [1.82, 2.24) is 0 Å². The van der Waals surface area contributed by atoms with Crippen LogP contribution in [-0.4, -0.2) is 5.91 Å². The van der Waals surface area contributed by atoms with Gasteiger partial charge in [0.1, 0.15) is 5.82 Å². The molecule has 2 aromatic carbocycles. The summed E-state index contributed by atoms with van der Waals surface area (Å²) in [5, 5.41) is 3.10. The van der Waals surface area contributed by atoms with Crippen molar-refractivity contribution in [3.63, 3.8) is 0 Å². The number of carbonyl (C=O) groups is 1. The van der Waals surface area contributed by atoms with E-state index in [2.05, 4.69) is 21.2 Å². The van der Waals surface area contributed by atoms with Crippen molar-refractivity contribution in [2.75, 3.05) is 11.1 Å². The first-order chi connectivity index (χ1) is 9.38. The molecule has 1 amide bonds. The molecule has 0 aliphatic heterocycles. The molecule has 3 N–H and O–H groups in total. The van der Waals surface area contributed by atoms with Gasteiger partial charge >= 0.3 is 0 Å². The van der Waals surface area contributed by atoms with E-state index in [0.717, 1.165) is 11.6 Å². The Morgan fingerprint density at radius 2 is 2.05 bits per heavy atom. The zero-order valence-corrected chi connectivity index (χ0v) is 12.8. The van der Waals surface area contributed by atoms with Gasteiger partial charge in [0.25, 0.3) is 5.91 Å². The van der Waals surface area contributed by atoms with Crippen LogP contribution in [0.15, 0.2) is 34.8 Å². The number of hydrogen-bond acceptors (Lipinski definition) is 2. The molecule has 6 heteroatoms. The number of amides is 1. The van der Waals surface area contributed by atoms with Gasteiger partial charge in [-0.2, -0.15) is 0 Å². The minimum atomic E-state index is -0.582. The van der Waals surface area contributed by atoms with E-state index in [1.54, 1.807) is 12.1 Å². The normalized spacial score (nSPS) is 10.4. The fourth-order valence-electron chi connectivity index (χ4n) is 1.65. The first-order valence-corrected chi connectivity index (χ1v) is 6.87. The maximum atomic E-state index is 13.3. The lowest BCUT2D eigenvalue weighted by molar-refractivity contribution is 0.102. The van der Waals surface area contributed by atoms with Crippen LogP contribution in [0.25, 0.3) is 0 Å². The monoisotopic (exact) mass is 356 g/mol. The number of benzene rings is 2. The Morgan fingerprint density at radius 1 is 1.35 bits per heavy atom. The predicted molar refractivity (Wildman–Crippen MR) is 82.7 cm³/mol. The summed E-state index contributed by atoms with van der Waals surface area (Å²) in [7, 11) is 0. The Morgan fingerprint density at radius 3 is 2.70 bits per heavy atom. The van der Waals surface area contributed by atoms with Crippen LogP contribution in [0.1, 0.15) is 15.9 Å². The number of anilines is 2. The third-order valence-corrected chi connectivity index (χ3v) is 3.67. The molecule has 0 heterocycles. The van der Waals surface area contributed by atoms with Crippen molar-refractivity contribution in [2.45, 2.75) is 6.92 Å². The highest BCUT2D eigenvalue weighted by molar-refractivity contribution is 9.10. The third kappa shape index (κ3) is 3.11. The van der Waals surface area contributed by atoms with Gasteiger partial charge in [-0.3, -0.25) is 4.79 Å². The minimum Gasteiger partial charge on any atom is -0.396 e. The number of nitrogens with two attached hydrogens (primary N) is 1. The van der Waals surface area contributed by atoms with Gasteiger partial charge in [0.15, 0.2) is 0 Å². The molecule has 0 unspecified atom stereocenters. The van der Waals surface area contributed by atoms with Gasteiger partial charge in [0.05, 0.1) is 22.0 Å². The summed E-state index contributed by atoms with van der Waals surface area (Å²) in [5.41, 5.74) is 7.09. The maximum Gasteiger partial charge on any atom is 0.256 e. The molecule has 0 saturated heterocycles. The average molecular weight is 358 g/mol. The van der Waals surface area contributed by atoms with Crippen molar-refractivity contribution < 1.29 is 9.18 Å². The fraction of sp³-hybridized carbons (Fsp3) is 0.0714. The van der Waals surface area contributed by atoms with Gasteiger partial charge in [0.2, 0.25) is 0 Å². The summed E-state index contributed by atoms with van der Waals surface area (Å²) in [4.78, 5) is 12.2. The number of nitrogens with one attached hydrogen (secondary N) is 1. The van der Waals surface area contributed by atoms with E-state index in [9.17, 15) is 9.18 Å². The van der Waals surface area contributed by atoms with Crippen LogP contribution >= 0.6 is 27.5 Å². The molecule has 0 aromatic heterocycles. The Bertz CT molecular complexity index is 691. The molecule has 0 aliphatic carbocycles. The second kappa shape index (κ2) is 5.81. The molecule has 2 aromatic rings. The number of hydrogen-bond donors (Lipinski definition) is 2. The summed E-state index contributed by atoms with van der Waals surface area (Å²) in [6.07, 6.45) is 0. The van der Waals surface area contributed by atoms with Crippen molar-refractivity contribution >= 4 is 44.8 Å². The second-order valence-electron chi connectivity index (χ2n) is 4.29. The SMILES string of the molecule is Cc1ccc(NC(=O)c2cc(N)c(F)cc2Br)c(Cl)c1. The third-order valence-electron chi connectivity index (χ3n) is 2.70.